The summed E-state index contributed by atoms with van der Waals surface area (Å²) in [6.45, 7) is 0. The largest absolute Gasteiger partial charge is 0.416 e. The lowest BCUT2D eigenvalue weighted by Crippen LogP contribution is -2.18. The molecule has 0 bridgehead atoms. The second-order valence-electron chi connectivity index (χ2n) is 4.52. The summed E-state index contributed by atoms with van der Waals surface area (Å²) in [6, 6.07) is 3.01. The monoisotopic (exact) mass is 335 g/mol. The number of nitrogens with zero attached hydrogens (tertiary/aromatic N) is 1. The SMILES string of the molecule is O=Cc1cccn1C(=O)c1cc(C(F)(F)F)cc(C(F)(F)F)c1. The van der Waals surface area contributed by atoms with Crippen LogP contribution < -0.4 is 0 Å². The molecule has 0 saturated carbocycles. The molecule has 0 saturated heterocycles. The average Bonchev–Trinajstić information content (AvgIpc) is 2.92. The number of alkyl halides is 6. The Hall–Kier alpha value is -2.58. The topological polar surface area (TPSA) is 39.1 Å². The molecule has 0 amide bonds. The molecule has 1 aromatic heterocycles. The van der Waals surface area contributed by atoms with Crippen LogP contribution in [-0.2, 0) is 12.4 Å². The van der Waals surface area contributed by atoms with Gasteiger partial charge in [0.05, 0.1) is 16.8 Å². The minimum absolute atomic E-state index is 0.0763. The fourth-order valence-corrected chi connectivity index (χ4v) is 1.89. The van der Waals surface area contributed by atoms with Crippen molar-refractivity contribution in [3.8, 4) is 0 Å². The number of carbonyl (C=O) groups excluding carboxylic acids is 2. The predicted molar refractivity (Wildman–Crippen MR) is 66.0 cm³/mol. The molecule has 0 aliphatic heterocycles. The van der Waals surface area contributed by atoms with Crippen molar-refractivity contribution < 1.29 is 35.9 Å². The lowest BCUT2D eigenvalue weighted by Gasteiger charge is -2.14. The quantitative estimate of drug-likeness (QED) is 0.614. The first kappa shape index (κ1) is 16.8. The smallest absolute Gasteiger partial charge is 0.296 e. The summed E-state index contributed by atoms with van der Waals surface area (Å²) in [6.07, 6.45) is -8.78. The summed E-state index contributed by atoms with van der Waals surface area (Å²) in [5.74, 6) is -1.17. The Morgan fingerprint density at radius 1 is 0.957 bits per heavy atom. The predicted octanol–water partition coefficient (Wildman–Crippen LogP) is 4.03. The molecule has 0 N–H and O–H groups in total. The number of halogens is 6. The zero-order chi connectivity index (χ0) is 17.4. The minimum atomic E-state index is -5.06. The van der Waals surface area contributed by atoms with Gasteiger partial charge in [-0.1, -0.05) is 0 Å². The lowest BCUT2D eigenvalue weighted by atomic mass is 10.0. The Morgan fingerprint density at radius 3 is 1.91 bits per heavy atom. The lowest BCUT2D eigenvalue weighted by molar-refractivity contribution is -0.143. The molecule has 0 aliphatic rings. The molecule has 1 aromatic carbocycles. The van der Waals surface area contributed by atoms with Crippen LogP contribution in [0.2, 0.25) is 0 Å². The van der Waals surface area contributed by atoms with E-state index in [-0.39, 0.29) is 18.0 Å². The molecule has 0 atom stereocenters. The number of aromatic nitrogens is 1. The molecule has 9 heteroatoms. The van der Waals surface area contributed by atoms with E-state index in [1.807, 2.05) is 0 Å². The third kappa shape index (κ3) is 3.43. The Morgan fingerprint density at radius 2 is 1.48 bits per heavy atom. The van der Waals surface area contributed by atoms with Crippen molar-refractivity contribution in [3.63, 3.8) is 0 Å². The van der Waals surface area contributed by atoms with Crippen LogP contribution >= 0.6 is 0 Å². The van der Waals surface area contributed by atoms with Crippen LogP contribution in [0.1, 0.15) is 32.0 Å². The highest BCUT2D eigenvalue weighted by molar-refractivity contribution is 5.99. The van der Waals surface area contributed by atoms with Crippen LogP contribution in [0.4, 0.5) is 26.3 Å². The van der Waals surface area contributed by atoms with Crippen molar-refractivity contribution >= 4 is 12.2 Å². The zero-order valence-electron chi connectivity index (χ0n) is 11.1. The van der Waals surface area contributed by atoms with E-state index in [0.717, 1.165) is 6.20 Å². The molecular formula is C14H7F6NO2. The fraction of sp³-hybridized carbons (Fsp3) is 0.143. The van der Waals surface area contributed by atoms with Crippen LogP contribution in [0.25, 0.3) is 0 Å². The first-order valence-corrected chi connectivity index (χ1v) is 6.01. The van der Waals surface area contributed by atoms with Crippen molar-refractivity contribution in [1.82, 2.24) is 4.57 Å². The van der Waals surface area contributed by atoms with Gasteiger partial charge < -0.3 is 0 Å². The Bertz CT molecular complexity index is 725. The van der Waals surface area contributed by atoms with Crippen LogP contribution in [0, 0.1) is 0 Å². The van der Waals surface area contributed by atoms with Crippen LogP contribution in [0.3, 0.4) is 0 Å². The summed E-state index contributed by atoms with van der Waals surface area (Å²) in [4.78, 5) is 22.9. The summed E-state index contributed by atoms with van der Waals surface area (Å²) < 4.78 is 77.1. The van der Waals surface area contributed by atoms with Crippen LogP contribution in [0.15, 0.2) is 36.5 Å². The maximum Gasteiger partial charge on any atom is 0.416 e. The van der Waals surface area contributed by atoms with Gasteiger partial charge in [-0.2, -0.15) is 26.3 Å². The molecule has 0 radical (unpaired) electrons. The maximum atomic E-state index is 12.7. The van der Waals surface area contributed by atoms with Gasteiger partial charge in [-0.25, -0.2) is 0 Å². The highest BCUT2D eigenvalue weighted by Gasteiger charge is 2.37. The summed E-state index contributed by atoms with van der Waals surface area (Å²) >= 11 is 0. The average molecular weight is 335 g/mol. The number of hydrogen-bond acceptors (Lipinski definition) is 2. The van der Waals surface area contributed by atoms with Crippen molar-refractivity contribution in [1.29, 1.82) is 0 Å². The van der Waals surface area contributed by atoms with Gasteiger partial charge in [0.1, 0.15) is 0 Å². The molecule has 0 fully saturated rings. The maximum absolute atomic E-state index is 12.7. The first-order valence-electron chi connectivity index (χ1n) is 6.01. The Balaban J connectivity index is 2.62. The number of aldehydes is 1. The van der Waals surface area contributed by atoms with E-state index in [1.165, 1.54) is 12.1 Å². The molecule has 2 aromatic rings. The summed E-state index contributed by atoms with van der Waals surface area (Å²) in [5.41, 5.74) is -4.22. The van der Waals surface area contributed by atoms with E-state index in [9.17, 15) is 35.9 Å². The van der Waals surface area contributed by atoms with E-state index in [1.54, 1.807) is 0 Å². The summed E-state index contributed by atoms with van der Waals surface area (Å²) in [5, 5.41) is 0. The van der Waals surface area contributed by atoms with Gasteiger partial charge in [-0.15, -0.1) is 0 Å². The number of carbonyl (C=O) groups is 2. The fourth-order valence-electron chi connectivity index (χ4n) is 1.89. The van der Waals surface area contributed by atoms with Gasteiger partial charge in [0.25, 0.3) is 5.91 Å². The molecule has 0 spiro atoms. The van der Waals surface area contributed by atoms with Crippen LogP contribution in [0.5, 0.6) is 0 Å². The molecule has 23 heavy (non-hydrogen) atoms. The van der Waals surface area contributed by atoms with Gasteiger partial charge >= 0.3 is 12.4 Å². The number of hydrogen-bond donors (Lipinski definition) is 0. The van der Waals surface area contributed by atoms with Crippen molar-refractivity contribution in [3.05, 3.63) is 58.9 Å². The second-order valence-corrected chi connectivity index (χ2v) is 4.52. The van der Waals surface area contributed by atoms with Gasteiger partial charge in [-0.3, -0.25) is 14.2 Å². The van der Waals surface area contributed by atoms with Crippen LogP contribution in [-0.4, -0.2) is 16.8 Å². The van der Waals surface area contributed by atoms with E-state index < -0.39 is 35.0 Å². The van der Waals surface area contributed by atoms with Gasteiger partial charge in [-0.05, 0) is 30.3 Å². The molecular weight excluding hydrogens is 328 g/mol. The Kier molecular flexibility index (Phi) is 4.06. The van der Waals surface area contributed by atoms with E-state index in [4.69, 9.17) is 0 Å². The molecule has 0 unspecified atom stereocenters. The van der Waals surface area contributed by atoms with E-state index in [2.05, 4.69) is 0 Å². The zero-order valence-corrected chi connectivity index (χ0v) is 11.1. The molecule has 1 heterocycles. The number of benzene rings is 1. The highest BCUT2D eigenvalue weighted by atomic mass is 19.4. The van der Waals surface area contributed by atoms with Crippen molar-refractivity contribution in [2.24, 2.45) is 0 Å². The van der Waals surface area contributed by atoms with Gasteiger partial charge in [0, 0.05) is 11.8 Å². The minimum Gasteiger partial charge on any atom is -0.296 e. The highest BCUT2D eigenvalue weighted by Crippen LogP contribution is 2.36. The number of rotatable bonds is 2. The standard InChI is InChI=1S/C14H7F6NO2/c15-13(16,17)9-4-8(5-10(6-9)14(18,19)20)12(23)21-3-1-2-11(21)7-22/h1-7H. The van der Waals surface area contributed by atoms with E-state index >= 15 is 0 Å². The van der Waals surface area contributed by atoms with Crippen molar-refractivity contribution in [2.75, 3.05) is 0 Å². The molecule has 0 aliphatic carbocycles. The third-order valence-electron chi connectivity index (χ3n) is 2.95. The van der Waals surface area contributed by atoms with E-state index in [0.29, 0.717) is 16.7 Å². The third-order valence-corrected chi connectivity index (χ3v) is 2.95. The Labute approximate surface area is 125 Å². The first-order chi connectivity index (χ1) is 10.5. The molecule has 3 nitrogen and oxygen atoms in total. The molecule has 2 rings (SSSR count). The van der Waals surface area contributed by atoms with Gasteiger partial charge in [0.15, 0.2) is 6.29 Å². The summed E-state index contributed by atoms with van der Waals surface area (Å²) in [7, 11) is 0. The van der Waals surface area contributed by atoms with Crippen molar-refractivity contribution in [2.45, 2.75) is 12.4 Å². The second kappa shape index (κ2) is 5.56. The van der Waals surface area contributed by atoms with Gasteiger partial charge in [0.2, 0.25) is 0 Å². The molecule has 122 valence electrons. The normalized spacial score (nSPS) is 12.3.